The second-order valence-electron chi connectivity index (χ2n) is 3.72. The van der Waals surface area contributed by atoms with Crippen molar-refractivity contribution in [1.29, 1.82) is 0 Å². The van der Waals surface area contributed by atoms with Crippen LogP contribution in [0.1, 0.15) is 15.9 Å². The van der Waals surface area contributed by atoms with E-state index in [4.69, 9.17) is 5.73 Å². The number of anilines is 1. The van der Waals surface area contributed by atoms with E-state index in [1.165, 1.54) is 18.3 Å². The van der Waals surface area contributed by atoms with Gasteiger partial charge in [0.1, 0.15) is 0 Å². The predicted molar refractivity (Wildman–Crippen MR) is 68.4 cm³/mol. The lowest BCUT2D eigenvalue weighted by Gasteiger charge is -1.97. The molecule has 0 saturated heterocycles. The molecule has 0 radical (unpaired) electrons. The first-order valence-electron chi connectivity index (χ1n) is 5.34. The lowest BCUT2D eigenvalue weighted by molar-refractivity contribution is 0.104. The van der Waals surface area contributed by atoms with E-state index in [9.17, 15) is 9.18 Å². The first-order valence-corrected chi connectivity index (χ1v) is 5.34. The molecule has 1 heterocycles. The monoisotopic (exact) mass is 242 g/mol. The zero-order chi connectivity index (χ0) is 13.0. The van der Waals surface area contributed by atoms with E-state index in [2.05, 4.69) is 4.98 Å². The van der Waals surface area contributed by atoms with Crippen LogP contribution in [0.15, 0.2) is 48.8 Å². The van der Waals surface area contributed by atoms with Gasteiger partial charge in [-0.25, -0.2) is 4.39 Å². The van der Waals surface area contributed by atoms with Crippen LogP contribution in [-0.2, 0) is 0 Å². The third-order valence-corrected chi connectivity index (χ3v) is 2.40. The Balaban J connectivity index is 2.17. The molecule has 0 spiro atoms. The van der Waals surface area contributed by atoms with Crippen molar-refractivity contribution in [1.82, 2.24) is 4.98 Å². The molecule has 0 saturated carbocycles. The molecule has 18 heavy (non-hydrogen) atoms. The fourth-order valence-corrected chi connectivity index (χ4v) is 1.44. The lowest BCUT2D eigenvalue weighted by Crippen LogP contribution is -1.98. The second-order valence-corrected chi connectivity index (χ2v) is 3.72. The van der Waals surface area contributed by atoms with Crippen LogP contribution in [0.3, 0.4) is 0 Å². The number of nitrogens with two attached hydrogens (primary N) is 1. The van der Waals surface area contributed by atoms with Crippen molar-refractivity contribution in [2.75, 3.05) is 5.73 Å². The number of benzene rings is 1. The maximum atomic E-state index is 13.3. The number of nitrogens with zero attached hydrogens (tertiary/aromatic N) is 1. The minimum absolute atomic E-state index is 0.0108. The number of allylic oxidation sites excluding steroid dienone is 1. The summed E-state index contributed by atoms with van der Waals surface area (Å²) in [6, 6.07) is 8.38. The highest BCUT2D eigenvalue weighted by Gasteiger charge is 2.07. The van der Waals surface area contributed by atoms with Crippen molar-refractivity contribution >= 4 is 17.5 Å². The molecular weight excluding hydrogens is 231 g/mol. The van der Waals surface area contributed by atoms with Crippen LogP contribution in [0.4, 0.5) is 10.1 Å². The van der Waals surface area contributed by atoms with Gasteiger partial charge < -0.3 is 5.73 Å². The van der Waals surface area contributed by atoms with E-state index in [0.717, 1.165) is 11.8 Å². The Hall–Kier alpha value is -2.49. The molecule has 1 aromatic heterocycles. The number of nitrogen functional groups attached to an aromatic ring is 1. The summed E-state index contributed by atoms with van der Waals surface area (Å²) in [4.78, 5) is 15.3. The third-order valence-electron chi connectivity index (χ3n) is 2.40. The number of hydrogen-bond acceptors (Lipinski definition) is 3. The quantitative estimate of drug-likeness (QED) is 0.511. The number of carbonyl (C=O) groups excluding carboxylic acids is 1. The minimum atomic E-state index is -0.621. The number of ketones is 1. The number of aromatic nitrogens is 1. The van der Waals surface area contributed by atoms with Crippen molar-refractivity contribution in [3.63, 3.8) is 0 Å². The molecule has 0 aliphatic heterocycles. The number of carbonyl (C=O) groups is 1. The van der Waals surface area contributed by atoms with Crippen molar-refractivity contribution in [3.8, 4) is 0 Å². The highest BCUT2D eigenvalue weighted by Crippen LogP contribution is 2.10. The van der Waals surface area contributed by atoms with Gasteiger partial charge in [0.05, 0.1) is 11.8 Å². The van der Waals surface area contributed by atoms with Crippen LogP contribution < -0.4 is 5.73 Å². The summed E-state index contributed by atoms with van der Waals surface area (Å²) in [7, 11) is 0. The Morgan fingerprint density at radius 3 is 2.61 bits per heavy atom. The summed E-state index contributed by atoms with van der Waals surface area (Å²) in [5.41, 5.74) is 7.03. The standard InChI is InChI=1S/C14H11FN2O/c15-13-9-17-8-7-12(13)14(18)6-3-10-1-4-11(16)5-2-10/h1-9H,16H2/b6-3+. The van der Waals surface area contributed by atoms with E-state index in [0.29, 0.717) is 5.69 Å². The molecule has 90 valence electrons. The largest absolute Gasteiger partial charge is 0.399 e. The summed E-state index contributed by atoms with van der Waals surface area (Å²) in [6.45, 7) is 0. The van der Waals surface area contributed by atoms with Crippen LogP contribution in [0.2, 0.25) is 0 Å². The molecule has 0 aliphatic carbocycles. The highest BCUT2D eigenvalue weighted by molar-refractivity contribution is 6.06. The maximum absolute atomic E-state index is 13.3. The summed E-state index contributed by atoms with van der Waals surface area (Å²) in [5.74, 6) is -1.02. The van der Waals surface area contributed by atoms with Crippen molar-refractivity contribution in [3.05, 3.63) is 65.7 Å². The molecule has 0 atom stereocenters. The van der Waals surface area contributed by atoms with Gasteiger partial charge in [-0.2, -0.15) is 0 Å². The van der Waals surface area contributed by atoms with Gasteiger partial charge in [-0.1, -0.05) is 18.2 Å². The van der Waals surface area contributed by atoms with Crippen LogP contribution in [-0.4, -0.2) is 10.8 Å². The second kappa shape index (κ2) is 5.23. The Morgan fingerprint density at radius 2 is 1.94 bits per heavy atom. The zero-order valence-corrected chi connectivity index (χ0v) is 9.51. The van der Waals surface area contributed by atoms with E-state index in [1.54, 1.807) is 30.3 Å². The van der Waals surface area contributed by atoms with Crippen LogP contribution in [0, 0.1) is 5.82 Å². The van der Waals surface area contributed by atoms with Crippen LogP contribution in [0.5, 0.6) is 0 Å². The highest BCUT2D eigenvalue weighted by atomic mass is 19.1. The number of rotatable bonds is 3. The predicted octanol–water partition coefficient (Wildman–Crippen LogP) is 2.70. The Morgan fingerprint density at radius 1 is 1.22 bits per heavy atom. The maximum Gasteiger partial charge on any atom is 0.188 e. The van der Waals surface area contributed by atoms with Crippen LogP contribution >= 0.6 is 0 Å². The molecule has 2 N–H and O–H groups in total. The van der Waals surface area contributed by atoms with Gasteiger partial charge >= 0.3 is 0 Å². The average molecular weight is 242 g/mol. The molecule has 2 aromatic rings. The van der Waals surface area contributed by atoms with E-state index < -0.39 is 11.6 Å². The number of halogens is 1. The minimum Gasteiger partial charge on any atom is -0.399 e. The molecule has 0 amide bonds. The molecule has 1 aromatic carbocycles. The van der Waals surface area contributed by atoms with Gasteiger partial charge in [-0.15, -0.1) is 0 Å². The van der Waals surface area contributed by atoms with Gasteiger partial charge in [-0.3, -0.25) is 9.78 Å². The zero-order valence-electron chi connectivity index (χ0n) is 9.51. The van der Waals surface area contributed by atoms with Gasteiger partial charge in [0.15, 0.2) is 11.6 Å². The van der Waals surface area contributed by atoms with Gasteiger partial charge in [-0.05, 0) is 29.8 Å². The van der Waals surface area contributed by atoms with Gasteiger partial charge in [0.2, 0.25) is 0 Å². The van der Waals surface area contributed by atoms with Crippen molar-refractivity contribution in [2.45, 2.75) is 0 Å². The molecule has 0 aliphatic rings. The molecular formula is C14H11FN2O. The molecule has 0 bridgehead atoms. The smallest absolute Gasteiger partial charge is 0.188 e. The fraction of sp³-hybridized carbons (Fsp3) is 0. The SMILES string of the molecule is Nc1ccc(/C=C/C(=O)c2ccncc2F)cc1. The molecule has 0 unspecified atom stereocenters. The average Bonchev–Trinajstić information content (AvgIpc) is 2.38. The summed E-state index contributed by atoms with van der Waals surface area (Å²) in [5, 5.41) is 0. The summed E-state index contributed by atoms with van der Waals surface area (Å²) < 4.78 is 13.3. The third kappa shape index (κ3) is 2.79. The molecule has 4 heteroatoms. The van der Waals surface area contributed by atoms with Crippen LogP contribution in [0.25, 0.3) is 6.08 Å². The van der Waals surface area contributed by atoms with Crippen molar-refractivity contribution in [2.24, 2.45) is 0 Å². The number of pyridine rings is 1. The number of hydrogen-bond donors (Lipinski definition) is 1. The normalized spacial score (nSPS) is 10.7. The molecule has 0 fully saturated rings. The van der Waals surface area contributed by atoms with Gasteiger partial charge in [0.25, 0.3) is 0 Å². The lowest BCUT2D eigenvalue weighted by atomic mass is 10.1. The topological polar surface area (TPSA) is 56.0 Å². The molecule has 2 rings (SSSR count). The Bertz CT molecular complexity index is 591. The van der Waals surface area contributed by atoms with E-state index in [1.807, 2.05) is 0 Å². The van der Waals surface area contributed by atoms with E-state index in [-0.39, 0.29) is 5.56 Å². The Kier molecular flexibility index (Phi) is 3.48. The van der Waals surface area contributed by atoms with E-state index >= 15 is 0 Å². The van der Waals surface area contributed by atoms with Gasteiger partial charge in [0, 0.05) is 11.9 Å². The summed E-state index contributed by atoms with van der Waals surface area (Å²) >= 11 is 0. The first kappa shape index (κ1) is 12.0. The summed E-state index contributed by atoms with van der Waals surface area (Å²) in [6.07, 6.45) is 5.34. The Labute approximate surface area is 104 Å². The fourth-order valence-electron chi connectivity index (χ4n) is 1.44. The first-order chi connectivity index (χ1) is 8.66. The van der Waals surface area contributed by atoms with Crippen molar-refractivity contribution < 1.29 is 9.18 Å². The molecule has 3 nitrogen and oxygen atoms in total.